The summed E-state index contributed by atoms with van der Waals surface area (Å²) in [5.41, 5.74) is 0. The first-order valence-corrected chi connectivity index (χ1v) is 4.36. The summed E-state index contributed by atoms with van der Waals surface area (Å²) in [5, 5.41) is 0. The van der Waals surface area contributed by atoms with Crippen molar-refractivity contribution in [3.05, 3.63) is 49.6 Å². The molecule has 1 radical (unpaired) electrons. The predicted octanol–water partition coefficient (Wildman–Crippen LogP) is 2.62. The molecule has 0 aliphatic carbocycles. The molecule has 0 aliphatic heterocycles. The molecule has 0 N–H and O–H groups in total. The highest BCUT2D eigenvalue weighted by atomic mass is 16.5. The van der Waals surface area contributed by atoms with Crippen molar-refractivity contribution >= 4 is 0 Å². The van der Waals surface area contributed by atoms with Gasteiger partial charge < -0.3 is 9.47 Å². The molecule has 0 aromatic heterocycles. The normalized spacial score (nSPS) is 9.14. The molecule has 0 fully saturated rings. The van der Waals surface area contributed by atoms with E-state index in [0.717, 1.165) is 0 Å². The van der Waals surface area contributed by atoms with Gasteiger partial charge in [0, 0.05) is 6.07 Å². The minimum Gasteiger partial charge on any atom is -0.486 e. The lowest BCUT2D eigenvalue weighted by atomic mass is 10.3. The van der Waals surface area contributed by atoms with Crippen LogP contribution in [0, 0.1) is 6.07 Å². The molecule has 0 amide bonds. The summed E-state index contributed by atoms with van der Waals surface area (Å²) in [7, 11) is 0. The van der Waals surface area contributed by atoms with Crippen molar-refractivity contribution in [1.29, 1.82) is 0 Å². The minimum atomic E-state index is 0.449. The van der Waals surface area contributed by atoms with Crippen LogP contribution in [-0.4, -0.2) is 13.2 Å². The second-order valence-corrected chi connectivity index (χ2v) is 2.56. The Morgan fingerprint density at radius 3 is 2.64 bits per heavy atom. The van der Waals surface area contributed by atoms with Crippen molar-refractivity contribution in [2.45, 2.75) is 0 Å². The molecule has 2 heteroatoms. The third-order valence-corrected chi connectivity index (χ3v) is 1.48. The van der Waals surface area contributed by atoms with Crippen molar-refractivity contribution in [3.63, 3.8) is 0 Å². The maximum atomic E-state index is 5.37. The molecule has 0 spiro atoms. The molecule has 2 nitrogen and oxygen atoms in total. The summed E-state index contributed by atoms with van der Waals surface area (Å²) < 4.78 is 10.7. The zero-order valence-corrected chi connectivity index (χ0v) is 8.03. The Bertz CT molecular complexity index is 274. The summed E-state index contributed by atoms with van der Waals surface area (Å²) in [5.74, 6) is 1.28. The number of rotatable bonds is 6. The smallest absolute Gasteiger partial charge is 0.169 e. The van der Waals surface area contributed by atoms with Crippen LogP contribution in [0.5, 0.6) is 11.5 Å². The van der Waals surface area contributed by atoms with Crippen molar-refractivity contribution in [2.75, 3.05) is 13.2 Å². The van der Waals surface area contributed by atoms with Crippen molar-refractivity contribution in [1.82, 2.24) is 0 Å². The van der Waals surface area contributed by atoms with Crippen LogP contribution in [0.2, 0.25) is 0 Å². The second-order valence-electron chi connectivity index (χ2n) is 2.56. The molecule has 0 atom stereocenters. The molecule has 1 rings (SSSR count). The maximum Gasteiger partial charge on any atom is 0.169 e. The highest BCUT2D eigenvalue weighted by Gasteiger charge is 2.01. The Balaban J connectivity index is 2.68. The minimum absolute atomic E-state index is 0.449. The summed E-state index contributed by atoms with van der Waals surface area (Å²) in [6, 6.07) is 8.41. The van der Waals surface area contributed by atoms with E-state index in [-0.39, 0.29) is 0 Å². The fourth-order valence-electron chi connectivity index (χ4n) is 0.924. The lowest BCUT2D eigenvalue weighted by molar-refractivity contribution is 0.307. The van der Waals surface area contributed by atoms with E-state index >= 15 is 0 Å². The molecular formula is C12H13O2. The molecule has 0 saturated heterocycles. The zero-order valence-electron chi connectivity index (χ0n) is 8.03. The van der Waals surface area contributed by atoms with Gasteiger partial charge in [-0.2, -0.15) is 0 Å². The van der Waals surface area contributed by atoms with E-state index in [1.54, 1.807) is 18.2 Å². The molecule has 14 heavy (non-hydrogen) atoms. The molecule has 0 unspecified atom stereocenters. The first-order chi connectivity index (χ1) is 6.88. The number of para-hydroxylation sites is 1. The van der Waals surface area contributed by atoms with Crippen molar-refractivity contribution in [3.8, 4) is 11.5 Å². The molecule has 0 heterocycles. The van der Waals surface area contributed by atoms with Crippen molar-refractivity contribution in [2.24, 2.45) is 0 Å². The van der Waals surface area contributed by atoms with Gasteiger partial charge in [-0.1, -0.05) is 37.4 Å². The summed E-state index contributed by atoms with van der Waals surface area (Å²) >= 11 is 0. The van der Waals surface area contributed by atoms with Crippen LogP contribution >= 0.6 is 0 Å². The SMILES string of the molecule is C=CCOc1[c]cccc1OCC=C. The van der Waals surface area contributed by atoms with E-state index in [0.29, 0.717) is 24.7 Å². The predicted molar refractivity (Wildman–Crippen MR) is 56.7 cm³/mol. The Hall–Kier alpha value is -1.70. The van der Waals surface area contributed by atoms with Gasteiger partial charge in [0.2, 0.25) is 0 Å². The van der Waals surface area contributed by atoms with Crippen LogP contribution in [0.25, 0.3) is 0 Å². The van der Waals surface area contributed by atoms with Crippen molar-refractivity contribution < 1.29 is 9.47 Å². The van der Waals surface area contributed by atoms with E-state index in [1.807, 2.05) is 12.1 Å². The molecule has 0 bridgehead atoms. The molecule has 0 aliphatic rings. The van der Waals surface area contributed by atoms with E-state index in [9.17, 15) is 0 Å². The Morgan fingerprint density at radius 1 is 1.21 bits per heavy atom. The standard InChI is InChI=1S/C12H13O2/c1-3-9-13-11-7-5-6-8-12(11)14-10-4-2/h3-7H,1-2,9-10H2. The van der Waals surface area contributed by atoms with Gasteiger partial charge in [0.15, 0.2) is 11.5 Å². The molecule has 1 aromatic rings. The number of benzene rings is 1. The van der Waals surface area contributed by atoms with Gasteiger partial charge in [-0.25, -0.2) is 0 Å². The maximum absolute atomic E-state index is 5.37. The van der Waals surface area contributed by atoms with Gasteiger partial charge in [-0.3, -0.25) is 0 Å². The highest BCUT2D eigenvalue weighted by Crippen LogP contribution is 2.25. The number of ether oxygens (including phenoxy) is 2. The van der Waals surface area contributed by atoms with Gasteiger partial charge in [-0.05, 0) is 6.07 Å². The van der Waals surface area contributed by atoms with Gasteiger partial charge in [0.1, 0.15) is 13.2 Å². The van der Waals surface area contributed by atoms with Gasteiger partial charge in [0.25, 0.3) is 0 Å². The molecule has 1 aromatic carbocycles. The van der Waals surface area contributed by atoms with Gasteiger partial charge in [0.05, 0.1) is 0 Å². The molecule has 73 valence electrons. The van der Waals surface area contributed by atoms with Crippen LogP contribution < -0.4 is 9.47 Å². The van der Waals surface area contributed by atoms with E-state index in [2.05, 4.69) is 19.2 Å². The quantitative estimate of drug-likeness (QED) is 0.640. The summed E-state index contributed by atoms with van der Waals surface area (Å²) in [4.78, 5) is 0. The molecule has 0 saturated carbocycles. The highest BCUT2D eigenvalue weighted by molar-refractivity contribution is 5.38. The van der Waals surface area contributed by atoms with E-state index in [1.165, 1.54) is 0 Å². The lowest BCUT2D eigenvalue weighted by Gasteiger charge is -2.09. The fraction of sp³-hybridized carbons (Fsp3) is 0.167. The number of hydrogen-bond donors (Lipinski definition) is 0. The van der Waals surface area contributed by atoms with Crippen LogP contribution in [0.15, 0.2) is 43.5 Å². The Morgan fingerprint density at radius 2 is 1.93 bits per heavy atom. The Kier molecular flexibility index (Phi) is 4.35. The average molecular weight is 189 g/mol. The summed E-state index contributed by atoms with van der Waals surface area (Å²) in [6.45, 7) is 8.06. The van der Waals surface area contributed by atoms with Crippen LogP contribution in [0.1, 0.15) is 0 Å². The van der Waals surface area contributed by atoms with Crippen LogP contribution in [0.3, 0.4) is 0 Å². The first-order valence-electron chi connectivity index (χ1n) is 4.36. The third-order valence-electron chi connectivity index (χ3n) is 1.48. The monoisotopic (exact) mass is 189 g/mol. The van der Waals surface area contributed by atoms with Crippen LogP contribution in [0.4, 0.5) is 0 Å². The largest absolute Gasteiger partial charge is 0.486 e. The summed E-state index contributed by atoms with van der Waals surface area (Å²) in [6.07, 6.45) is 3.36. The Labute approximate surface area is 84.5 Å². The van der Waals surface area contributed by atoms with Crippen LogP contribution in [-0.2, 0) is 0 Å². The molecular weight excluding hydrogens is 176 g/mol. The average Bonchev–Trinajstić information content (AvgIpc) is 2.24. The first kappa shape index (κ1) is 10.4. The number of hydrogen-bond acceptors (Lipinski definition) is 2. The fourth-order valence-corrected chi connectivity index (χ4v) is 0.924. The van der Waals surface area contributed by atoms with E-state index in [4.69, 9.17) is 9.47 Å². The topological polar surface area (TPSA) is 18.5 Å². The third kappa shape index (κ3) is 2.98. The van der Waals surface area contributed by atoms with E-state index < -0.39 is 0 Å². The van der Waals surface area contributed by atoms with Gasteiger partial charge >= 0.3 is 0 Å². The second kappa shape index (κ2) is 5.86. The zero-order chi connectivity index (χ0) is 10.2. The van der Waals surface area contributed by atoms with Gasteiger partial charge in [-0.15, -0.1) is 0 Å². The lowest BCUT2D eigenvalue weighted by Crippen LogP contribution is -1.98.